The molecule has 6 nitrogen and oxygen atoms in total. The predicted molar refractivity (Wildman–Crippen MR) is 100.0 cm³/mol. The fraction of sp³-hybridized carbons (Fsp3) is 0.300. The van der Waals surface area contributed by atoms with Crippen LogP contribution in [-0.2, 0) is 29.2 Å². The minimum atomic E-state index is -0.400. The molecule has 1 atom stereocenters. The number of carbonyl (C=O) groups excluding carboxylic acids is 2. The summed E-state index contributed by atoms with van der Waals surface area (Å²) in [6, 6.07) is 10.6. The molecule has 0 saturated carbocycles. The summed E-state index contributed by atoms with van der Waals surface area (Å²) in [6.45, 7) is 1.60. The number of halogens is 1. The second-order valence-electron chi connectivity index (χ2n) is 6.99. The number of carbonyl (C=O) groups is 2. The van der Waals surface area contributed by atoms with Gasteiger partial charge in [-0.25, -0.2) is 4.39 Å². The third-order valence-electron chi connectivity index (χ3n) is 5.24. The number of benzene rings is 2. The number of nitrogen functional groups attached to an aromatic ring is 1. The zero-order valence-electron chi connectivity index (χ0n) is 14.8. The van der Waals surface area contributed by atoms with Gasteiger partial charge in [-0.05, 0) is 29.7 Å². The molecule has 4 rings (SSSR count). The number of hydrogen-bond acceptors (Lipinski definition) is 5. The van der Waals surface area contributed by atoms with Crippen molar-refractivity contribution >= 4 is 23.2 Å². The van der Waals surface area contributed by atoms with Gasteiger partial charge >= 0.3 is 0 Å². The average molecular weight is 368 g/mol. The molecule has 0 aromatic heterocycles. The van der Waals surface area contributed by atoms with Crippen molar-refractivity contribution in [2.45, 2.75) is 38.5 Å². The standard InChI is InChI=1S/C20H21FN4O2/c21-19-12(3-1-5-15(19)22)9-23-16-6-2-4-13-10-25(11-14(13)16)17-7-8-18(26)24-20(17)27/h1-6,17,23H,7-11,22H2,(H,24,26,27)/t17-/m0/s1. The number of fused-ring (bicyclic) bond motifs is 1. The van der Waals surface area contributed by atoms with Crippen molar-refractivity contribution in [3.63, 3.8) is 0 Å². The normalized spacial score (nSPS) is 19.7. The van der Waals surface area contributed by atoms with Gasteiger partial charge in [0.05, 0.1) is 11.7 Å². The van der Waals surface area contributed by atoms with Crippen LogP contribution in [0.1, 0.15) is 29.5 Å². The lowest BCUT2D eigenvalue weighted by atomic mass is 10.0. The van der Waals surface area contributed by atoms with Crippen molar-refractivity contribution < 1.29 is 14.0 Å². The van der Waals surface area contributed by atoms with Gasteiger partial charge < -0.3 is 11.1 Å². The summed E-state index contributed by atoms with van der Waals surface area (Å²) in [7, 11) is 0. The molecule has 0 bridgehead atoms. The highest BCUT2D eigenvalue weighted by Crippen LogP contribution is 2.32. The third-order valence-corrected chi connectivity index (χ3v) is 5.24. The summed E-state index contributed by atoms with van der Waals surface area (Å²) in [5.41, 5.74) is 9.44. The molecule has 2 aromatic carbocycles. The van der Waals surface area contributed by atoms with Crippen molar-refractivity contribution in [3.8, 4) is 0 Å². The molecular weight excluding hydrogens is 347 g/mol. The van der Waals surface area contributed by atoms with Crippen LogP contribution in [0.15, 0.2) is 36.4 Å². The number of amides is 2. The number of hydrogen-bond donors (Lipinski definition) is 3. The summed E-state index contributed by atoms with van der Waals surface area (Å²) in [4.78, 5) is 25.6. The number of nitrogens with one attached hydrogen (secondary N) is 2. The summed E-state index contributed by atoms with van der Waals surface area (Å²) in [5, 5.41) is 5.71. The van der Waals surface area contributed by atoms with Crippen molar-refractivity contribution in [1.29, 1.82) is 0 Å². The number of nitrogens with two attached hydrogens (primary N) is 1. The summed E-state index contributed by atoms with van der Waals surface area (Å²) < 4.78 is 14.1. The molecule has 1 saturated heterocycles. The fourth-order valence-electron chi connectivity index (χ4n) is 3.79. The first-order valence-electron chi connectivity index (χ1n) is 8.98. The second-order valence-corrected chi connectivity index (χ2v) is 6.99. The van der Waals surface area contributed by atoms with E-state index in [-0.39, 0.29) is 23.5 Å². The van der Waals surface area contributed by atoms with E-state index in [4.69, 9.17) is 5.73 Å². The van der Waals surface area contributed by atoms with Gasteiger partial charge in [0, 0.05) is 37.3 Å². The maximum Gasteiger partial charge on any atom is 0.243 e. The van der Waals surface area contributed by atoms with E-state index in [1.54, 1.807) is 12.1 Å². The molecule has 0 aliphatic carbocycles. The minimum Gasteiger partial charge on any atom is -0.396 e. The van der Waals surface area contributed by atoms with E-state index >= 15 is 0 Å². The van der Waals surface area contributed by atoms with E-state index in [9.17, 15) is 14.0 Å². The van der Waals surface area contributed by atoms with Gasteiger partial charge in [-0.3, -0.25) is 19.8 Å². The largest absolute Gasteiger partial charge is 0.396 e. The highest BCUT2D eigenvalue weighted by Gasteiger charge is 2.35. The number of anilines is 2. The Kier molecular flexibility index (Phi) is 4.53. The van der Waals surface area contributed by atoms with Gasteiger partial charge in [0.2, 0.25) is 11.8 Å². The first kappa shape index (κ1) is 17.5. The Balaban J connectivity index is 1.49. The predicted octanol–water partition coefficient (Wildman–Crippen LogP) is 2.14. The molecule has 4 N–H and O–H groups in total. The Morgan fingerprint density at radius 3 is 2.81 bits per heavy atom. The Morgan fingerprint density at radius 2 is 2.00 bits per heavy atom. The third kappa shape index (κ3) is 3.38. The summed E-state index contributed by atoms with van der Waals surface area (Å²) in [5.74, 6) is -0.836. The van der Waals surface area contributed by atoms with Crippen LogP contribution in [0.25, 0.3) is 0 Å². The van der Waals surface area contributed by atoms with Gasteiger partial charge in [-0.15, -0.1) is 0 Å². The molecule has 2 heterocycles. The lowest BCUT2D eigenvalue weighted by molar-refractivity contribution is -0.137. The smallest absolute Gasteiger partial charge is 0.243 e. The van der Waals surface area contributed by atoms with Crippen LogP contribution in [-0.4, -0.2) is 22.8 Å². The molecule has 27 heavy (non-hydrogen) atoms. The van der Waals surface area contributed by atoms with E-state index in [1.807, 2.05) is 18.2 Å². The Labute approximate surface area is 156 Å². The molecule has 2 aliphatic heterocycles. The van der Waals surface area contributed by atoms with Crippen molar-refractivity contribution in [3.05, 3.63) is 58.9 Å². The van der Waals surface area contributed by atoms with Crippen LogP contribution >= 0.6 is 0 Å². The van der Waals surface area contributed by atoms with Gasteiger partial charge in [0.1, 0.15) is 0 Å². The van der Waals surface area contributed by atoms with Gasteiger partial charge in [0.15, 0.2) is 5.82 Å². The lowest BCUT2D eigenvalue weighted by Gasteiger charge is -2.29. The van der Waals surface area contributed by atoms with E-state index in [0.717, 1.165) is 16.8 Å². The van der Waals surface area contributed by atoms with Crippen LogP contribution in [0.3, 0.4) is 0 Å². The highest BCUT2D eigenvalue weighted by atomic mass is 19.1. The molecule has 2 amide bonds. The fourth-order valence-corrected chi connectivity index (χ4v) is 3.79. The van der Waals surface area contributed by atoms with E-state index in [2.05, 4.69) is 15.5 Å². The molecule has 0 radical (unpaired) electrons. The molecule has 140 valence electrons. The summed E-state index contributed by atoms with van der Waals surface area (Å²) in [6.07, 6.45) is 0.902. The van der Waals surface area contributed by atoms with Crippen molar-refractivity contribution in [2.24, 2.45) is 0 Å². The SMILES string of the molecule is Nc1cccc(CNc2cccc3c2CN([C@H]2CCC(=O)NC2=O)C3)c1F. The first-order valence-corrected chi connectivity index (χ1v) is 8.98. The highest BCUT2D eigenvalue weighted by molar-refractivity contribution is 6.00. The molecule has 2 aromatic rings. The number of imide groups is 1. The lowest BCUT2D eigenvalue weighted by Crippen LogP contribution is -2.50. The van der Waals surface area contributed by atoms with Crippen LogP contribution in [0.5, 0.6) is 0 Å². The molecule has 7 heteroatoms. The minimum absolute atomic E-state index is 0.136. The number of rotatable bonds is 4. The quantitative estimate of drug-likeness (QED) is 0.569. The maximum absolute atomic E-state index is 14.1. The average Bonchev–Trinajstić information content (AvgIpc) is 3.07. The van der Waals surface area contributed by atoms with E-state index in [0.29, 0.717) is 38.0 Å². The zero-order valence-corrected chi connectivity index (χ0v) is 14.8. The maximum atomic E-state index is 14.1. The van der Waals surface area contributed by atoms with Gasteiger partial charge in [-0.2, -0.15) is 0 Å². The Morgan fingerprint density at radius 1 is 1.19 bits per heavy atom. The van der Waals surface area contributed by atoms with Crippen LogP contribution < -0.4 is 16.4 Å². The van der Waals surface area contributed by atoms with E-state index < -0.39 is 5.82 Å². The monoisotopic (exact) mass is 368 g/mol. The summed E-state index contributed by atoms with van der Waals surface area (Å²) >= 11 is 0. The first-order chi connectivity index (χ1) is 13.0. The molecule has 2 aliphatic rings. The van der Waals surface area contributed by atoms with Crippen molar-refractivity contribution in [1.82, 2.24) is 10.2 Å². The van der Waals surface area contributed by atoms with Crippen LogP contribution in [0.4, 0.5) is 15.8 Å². The number of piperidine rings is 1. The molecule has 0 spiro atoms. The van der Waals surface area contributed by atoms with E-state index in [1.165, 1.54) is 6.07 Å². The molecule has 0 unspecified atom stereocenters. The van der Waals surface area contributed by atoms with Gasteiger partial charge in [-0.1, -0.05) is 24.3 Å². The number of nitrogens with zero attached hydrogens (tertiary/aromatic N) is 1. The molecule has 1 fully saturated rings. The van der Waals surface area contributed by atoms with Gasteiger partial charge in [0.25, 0.3) is 0 Å². The van der Waals surface area contributed by atoms with Crippen molar-refractivity contribution in [2.75, 3.05) is 11.1 Å². The topological polar surface area (TPSA) is 87.5 Å². The molecular formula is C20H21FN4O2. The van der Waals surface area contributed by atoms with Crippen LogP contribution in [0.2, 0.25) is 0 Å². The Bertz CT molecular complexity index is 915. The zero-order chi connectivity index (χ0) is 19.0. The van der Waals surface area contributed by atoms with Crippen LogP contribution in [0, 0.1) is 5.82 Å². The Hall–Kier alpha value is -2.93. The second kappa shape index (κ2) is 7.00.